The van der Waals surface area contributed by atoms with Crippen LogP contribution in [0.1, 0.15) is 33.5 Å². The van der Waals surface area contributed by atoms with Crippen molar-refractivity contribution in [2.24, 2.45) is 0 Å². The Morgan fingerprint density at radius 3 is 2.42 bits per heavy atom. The van der Waals surface area contributed by atoms with Gasteiger partial charge in [0.15, 0.2) is 11.4 Å². The van der Waals surface area contributed by atoms with Crippen LogP contribution in [-0.4, -0.2) is 16.8 Å². The number of hydrogen-bond acceptors (Lipinski definition) is 3. The molecule has 0 aromatic heterocycles. The standard InChI is InChI=1S/C28H22ClNO3/c1-18-6-8-19(9-7-18)17-30-25-13-12-23(29)15-24(25)28(33,27(30)32)16-26(31)22-11-10-20-4-2-3-5-21(20)14-22/h2-15,33H,16-17H2,1H3. The van der Waals surface area contributed by atoms with E-state index < -0.39 is 11.5 Å². The summed E-state index contributed by atoms with van der Waals surface area (Å²) in [5, 5.41) is 13.9. The van der Waals surface area contributed by atoms with Crippen molar-refractivity contribution in [3.05, 3.63) is 112 Å². The summed E-state index contributed by atoms with van der Waals surface area (Å²) >= 11 is 6.22. The van der Waals surface area contributed by atoms with Gasteiger partial charge in [-0.1, -0.05) is 77.8 Å². The zero-order valence-electron chi connectivity index (χ0n) is 18.1. The third-order valence-electron chi connectivity index (χ3n) is 6.24. The van der Waals surface area contributed by atoms with Crippen LogP contribution in [0.5, 0.6) is 0 Å². The Morgan fingerprint density at radius 2 is 1.67 bits per heavy atom. The number of aryl methyl sites for hydroxylation is 1. The molecule has 1 aliphatic rings. The van der Waals surface area contributed by atoms with E-state index in [-0.39, 0.29) is 12.2 Å². The van der Waals surface area contributed by atoms with E-state index in [4.69, 9.17) is 11.6 Å². The van der Waals surface area contributed by atoms with Crippen molar-refractivity contribution in [1.29, 1.82) is 0 Å². The summed E-state index contributed by atoms with van der Waals surface area (Å²) < 4.78 is 0. The molecule has 5 rings (SSSR count). The third kappa shape index (κ3) is 3.82. The number of halogens is 1. The van der Waals surface area contributed by atoms with E-state index in [1.165, 1.54) is 4.90 Å². The molecule has 4 nitrogen and oxygen atoms in total. The summed E-state index contributed by atoms with van der Waals surface area (Å²) in [6, 6.07) is 26.0. The number of rotatable bonds is 5. The normalized spacial score (nSPS) is 17.4. The van der Waals surface area contributed by atoms with Crippen molar-refractivity contribution in [1.82, 2.24) is 0 Å². The van der Waals surface area contributed by atoms with Gasteiger partial charge in [-0.3, -0.25) is 9.59 Å². The summed E-state index contributed by atoms with van der Waals surface area (Å²) in [5.74, 6) is -0.825. The SMILES string of the molecule is Cc1ccc(CN2C(=O)C(O)(CC(=O)c3ccc4ccccc4c3)c3cc(Cl)ccc32)cc1. The number of aliphatic hydroxyl groups is 1. The number of fused-ring (bicyclic) bond motifs is 2. The van der Waals surface area contributed by atoms with E-state index in [1.807, 2.05) is 61.5 Å². The second-order valence-electron chi connectivity index (χ2n) is 8.56. The van der Waals surface area contributed by atoms with Crippen LogP contribution in [0.4, 0.5) is 5.69 Å². The lowest BCUT2D eigenvalue weighted by Gasteiger charge is -2.23. The maximum atomic E-state index is 13.5. The van der Waals surface area contributed by atoms with Gasteiger partial charge in [0.05, 0.1) is 18.7 Å². The molecule has 0 spiro atoms. The van der Waals surface area contributed by atoms with Crippen molar-refractivity contribution in [3.8, 4) is 0 Å². The van der Waals surface area contributed by atoms with Crippen molar-refractivity contribution in [2.45, 2.75) is 25.5 Å². The molecule has 1 N–H and O–H groups in total. The van der Waals surface area contributed by atoms with E-state index >= 15 is 0 Å². The Kier molecular flexibility index (Phi) is 5.28. The second kappa shape index (κ2) is 8.14. The molecule has 1 unspecified atom stereocenters. The quantitative estimate of drug-likeness (QED) is 0.386. The van der Waals surface area contributed by atoms with E-state index in [0.717, 1.165) is 21.9 Å². The molecule has 1 heterocycles. The first-order valence-corrected chi connectivity index (χ1v) is 11.1. The van der Waals surface area contributed by atoms with Gasteiger partial charge in [-0.2, -0.15) is 0 Å². The summed E-state index contributed by atoms with van der Waals surface area (Å²) in [7, 11) is 0. The molecule has 1 aliphatic heterocycles. The molecule has 4 aromatic rings. The highest BCUT2D eigenvalue weighted by molar-refractivity contribution is 6.31. The maximum Gasteiger partial charge on any atom is 0.264 e. The fraction of sp³-hybridized carbons (Fsp3) is 0.143. The minimum atomic E-state index is -1.98. The zero-order chi connectivity index (χ0) is 23.2. The van der Waals surface area contributed by atoms with Gasteiger partial charge in [-0.15, -0.1) is 0 Å². The average molecular weight is 456 g/mol. The molecule has 33 heavy (non-hydrogen) atoms. The smallest absolute Gasteiger partial charge is 0.264 e. The number of Topliss-reactive ketones (excluding diaryl/α,β-unsaturated/α-hetero) is 1. The predicted octanol–water partition coefficient (Wildman–Crippen LogP) is 5.81. The zero-order valence-corrected chi connectivity index (χ0v) is 18.8. The molecule has 0 aliphatic carbocycles. The first-order valence-electron chi connectivity index (χ1n) is 10.8. The minimum Gasteiger partial charge on any atom is -0.375 e. The molecule has 164 valence electrons. The Morgan fingerprint density at radius 1 is 0.939 bits per heavy atom. The summed E-state index contributed by atoms with van der Waals surface area (Å²) in [6.07, 6.45) is -0.359. The minimum absolute atomic E-state index is 0.292. The molecule has 0 bridgehead atoms. The molecular formula is C28H22ClNO3. The number of benzene rings is 4. The van der Waals surface area contributed by atoms with E-state index in [2.05, 4.69) is 0 Å². The van der Waals surface area contributed by atoms with Gasteiger partial charge in [-0.05, 0) is 47.5 Å². The molecule has 0 saturated carbocycles. The third-order valence-corrected chi connectivity index (χ3v) is 6.48. The number of amides is 1. The van der Waals surface area contributed by atoms with Crippen molar-refractivity contribution < 1.29 is 14.7 Å². The van der Waals surface area contributed by atoms with Crippen molar-refractivity contribution >= 4 is 39.8 Å². The Balaban J connectivity index is 1.50. The van der Waals surface area contributed by atoms with Crippen LogP contribution in [0.3, 0.4) is 0 Å². The van der Waals surface area contributed by atoms with Gasteiger partial charge >= 0.3 is 0 Å². The Hall–Kier alpha value is -3.47. The van der Waals surface area contributed by atoms with Crippen LogP contribution >= 0.6 is 11.6 Å². The number of carbonyl (C=O) groups excluding carboxylic acids is 2. The summed E-state index contributed by atoms with van der Waals surface area (Å²) in [4.78, 5) is 28.3. The van der Waals surface area contributed by atoms with Gasteiger partial charge in [0.2, 0.25) is 0 Å². The van der Waals surface area contributed by atoms with E-state index in [0.29, 0.717) is 28.4 Å². The molecule has 1 atom stereocenters. The van der Waals surface area contributed by atoms with Gasteiger partial charge < -0.3 is 10.0 Å². The first-order chi connectivity index (χ1) is 15.8. The average Bonchev–Trinajstić information content (AvgIpc) is 3.01. The number of hydrogen-bond donors (Lipinski definition) is 1. The highest BCUT2D eigenvalue weighted by Gasteiger charge is 2.51. The highest BCUT2D eigenvalue weighted by Crippen LogP contribution is 2.44. The van der Waals surface area contributed by atoms with Crippen LogP contribution < -0.4 is 4.90 Å². The van der Waals surface area contributed by atoms with Gasteiger partial charge in [0.1, 0.15) is 0 Å². The first kappa shape index (κ1) is 21.4. The molecule has 0 saturated heterocycles. The number of carbonyl (C=O) groups is 2. The lowest BCUT2D eigenvalue weighted by atomic mass is 9.87. The number of ketones is 1. The largest absolute Gasteiger partial charge is 0.375 e. The van der Waals surface area contributed by atoms with Crippen molar-refractivity contribution in [2.75, 3.05) is 4.90 Å². The lowest BCUT2D eigenvalue weighted by Crippen LogP contribution is -2.41. The van der Waals surface area contributed by atoms with Crippen LogP contribution in [-0.2, 0) is 16.9 Å². The van der Waals surface area contributed by atoms with Crippen LogP contribution in [0.2, 0.25) is 5.02 Å². The second-order valence-corrected chi connectivity index (χ2v) is 9.00. The highest BCUT2D eigenvalue weighted by atomic mass is 35.5. The summed E-state index contributed by atoms with van der Waals surface area (Å²) in [6.45, 7) is 2.29. The Bertz CT molecular complexity index is 1400. The van der Waals surface area contributed by atoms with E-state index in [9.17, 15) is 14.7 Å². The van der Waals surface area contributed by atoms with Crippen LogP contribution in [0, 0.1) is 6.92 Å². The number of anilines is 1. The van der Waals surface area contributed by atoms with Gasteiger partial charge in [0, 0.05) is 16.1 Å². The fourth-order valence-corrected chi connectivity index (χ4v) is 4.60. The van der Waals surface area contributed by atoms with Gasteiger partial charge in [0.25, 0.3) is 5.91 Å². The molecule has 4 aromatic carbocycles. The van der Waals surface area contributed by atoms with Crippen molar-refractivity contribution in [3.63, 3.8) is 0 Å². The maximum absolute atomic E-state index is 13.5. The van der Waals surface area contributed by atoms with Gasteiger partial charge in [-0.25, -0.2) is 0 Å². The molecular weight excluding hydrogens is 434 g/mol. The van der Waals surface area contributed by atoms with Crippen LogP contribution in [0.25, 0.3) is 10.8 Å². The predicted molar refractivity (Wildman–Crippen MR) is 131 cm³/mol. The monoisotopic (exact) mass is 455 g/mol. The molecule has 0 radical (unpaired) electrons. The summed E-state index contributed by atoms with van der Waals surface area (Å²) in [5.41, 5.74) is 1.46. The van der Waals surface area contributed by atoms with Crippen LogP contribution in [0.15, 0.2) is 84.9 Å². The van der Waals surface area contributed by atoms with E-state index in [1.54, 1.807) is 30.3 Å². The molecule has 0 fully saturated rings. The Labute approximate surface area is 197 Å². The number of nitrogens with zero attached hydrogens (tertiary/aromatic N) is 1. The lowest BCUT2D eigenvalue weighted by molar-refractivity contribution is -0.136. The molecule has 5 heteroatoms. The topological polar surface area (TPSA) is 57.6 Å². The molecule has 1 amide bonds. The fourth-order valence-electron chi connectivity index (χ4n) is 4.42.